The molecule has 2 nitrogen and oxygen atoms in total. The monoisotopic (exact) mass is 426 g/mol. The Morgan fingerprint density at radius 2 is 1.40 bits per heavy atom. The Morgan fingerprint density at radius 3 is 1.96 bits per heavy atom. The summed E-state index contributed by atoms with van der Waals surface area (Å²) in [6.07, 6.45) is 5.17. The van der Waals surface area contributed by atoms with E-state index < -0.39 is 0 Å². The number of rotatable bonds is 6. The molecule has 0 amide bonds. The van der Waals surface area contributed by atoms with Crippen LogP contribution in [0.2, 0.25) is 0 Å². The molecule has 0 atom stereocenters. The maximum atomic E-state index is 4.82. The Bertz CT molecular complexity index is 761. The number of aliphatic imine (C=N–C) groups is 2. The van der Waals surface area contributed by atoms with Gasteiger partial charge in [-0.05, 0) is 87.1 Å². The molecule has 0 saturated heterocycles. The first kappa shape index (κ1) is 21.5. The minimum absolute atomic E-state index is 0. The van der Waals surface area contributed by atoms with Crippen molar-refractivity contribution in [2.45, 2.75) is 53.9 Å². The van der Waals surface area contributed by atoms with Crippen LogP contribution in [0.25, 0.3) is 0 Å². The third kappa shape index (κ3) is 6.69. The molecule has 0 spiro atoms. The molecule has 0 heterocycles. The minimum atomic E-state index is 0. The Morgan fingerprint density at radius 1 is 0.840 bits per heavy atom. The van der Waals surface area contributed by atoms with Gasteiger partial charge < -0.3 is 0 Å². The van der Waals surface area contributed by atoms with E-state index in [-0.39, 0.29) is 20.4 Å². The van der Waals surface area contributed by atoms with Gasteiger partial charge in [-0.25, -0.2) is 0 Å². The summed E-state index contributed by atoms with van der Waals surface area (Å²) in [6.45, 7) is 10.7. The van der Waals surface area contributed by atoms with Crippen LogP contribution in [0.1, 0.15) is 48.4 Å². The third-order valence-electron chi connectivity index (χ3n) is 4.40. The molecule has 0 aliphatic heterocycles. The van der Waals surface area contributed by atoms with E-state index in [4.69, 9.17) is 4.99 Å². The van der Waals surface area contributed by atoms with Crippen LogP contribution in [0.15, 0.2) is 46.4 Å². The normalized spacial score (nSPS) is 11.6. The first-order valence-corrected chi connectivity index (χ1v) is 8.75. The number of nitrogens with zero attached hydrogens (tertiary/aromatic N) is 2. The summed E-state index contributed by atoms with van der Waals surface area (Å²) in [5, 5.41) is 0. The van der Waals surface area contributed by atoms with Gasteiger partial charge in [-0.15, -0.1) is 0 Å². The van der Waals surface area contributed by atoms with E-state index in [1.807, 2.05) is 6.21 Å². The van der Waals surface area contributed by atoms with Gasteiger partial charge in [0, 0.05) is 26.6 Å². The number of unbranched alkanes of at least 4 members (excludes halogenated alkanes) is 1. The molecule has 0 fully saturated rings. The second kappa shape index (κ2) is 10.4. The number of aryl methyl sites for hydroxylation is 4. The number of benzene rings is 2. The van der Waals surface area contributed by atoms with Gasteiger partial charge in [0.2, 0.25) is 0 Å². The predicted octanol–water partition coefficient (Wildman–Crippen LogP) is 6.58. The quantitative estimate of drug-likeness (QED) is 0.368. The van der Waals surface area contributed by atoms with E-state index in [0.717, 1.165) is 36.3 Å². The third-order valence-corrected chi connectivity index (χ3v) is 4.40. The van der Waals surface area contributed by atoms with Gasteiger partial charge in [-0.3, -0.25) is 9.98 Å². The van der Waals surface area contributed by atoms with Gasteiger partial charge in [-0.1, -0.05) is 25.5 Å². The first-order chi connectivity index (χ1) is 11.5. The van der Waals surface area contributed by atoms with Crippen molar-refractivity contribution in [1.29, 1.82) is 0 Å². The molecular formula is C22H28N2Pd. The fourth-order valence-corrected chi connectivity index (χ4v) is 2.42. The van der Waals surface area contributed by atoms with E-state index in [9.17, 15) is 0 Å². The summed E-state index contributed by atoms with van der Waals surface area (Å²) < 4.78 is 0. The van der Waals surface area contributed by atoms with Crippen LogP contribution >= 0.6 is 0 Å². The molecule has 0 N–H and O–H groups in total. The van der Waals surface area contributed by atoms with Crippen molar-refractivity contribution in [3.05, 3.63) is 58.7 Å². The molecule has 25 heavy (non-hydrogen) atoms. The molecule has 2 aromatic carbocycles. The molecular weight excluding hydrogens is 399 g/mol. The van der Waals surface area contributed by atoms with E-state index in [1.165, 1.54) is 22.3 Å². The summed E-state index contributed by atoms with van der Waals surface area (Å²) >= 11 is 0. The van der Waals surface area contributed by atoms with Gasteiger partial charge in [-0.2, -0.15) is 0 Å². The maximum Gasteiger partial charge on any atom is 0.0636 e. The van der Waals surface area contributed by atoms with Crippen LogP contribution in [0.4, 0.5) is 11.4 Å². The molecule has 0 radical (unpaired) electrons. The zero-order chi connectivity index (χ0) is 17.5. The Balaban J connectivity index is 0.00000312. The number of hydrogen-bond donors (Lipinski definition) is 0. The molecule has 0 aliphatic carbocycles. The number of hydrogen-bond acceptors (Lipinski definition) is 2. The standard InChI is InChI=1S/C22H28N2.Pd/c1-6-7-8-22(24-21-12-10-17(3)19(5)14-21)15-23-20-11-9-16(2)18(4)13-20;/h9-15H,6-8H2,1-5H3;. The van der Waals surface area contributed by atoms with Crippen molar-refractivity contribution in [3.63, 3.8) is 0 Å². The summed E-state index contributed by atoms with van der Waals surface area (Å²) in [6, 6.07) is 12.7. The van der Waals surface area contributed by atoms with Crippen LogP contribution in [0.5, 0.6) is 0 Å². The van der Waals surface area contributed by atoms with Crippen LogP contribution < -0.4 is 0 Å². The Kier molecular flexibility index (Phi) is 8.97. The van der Waals surface area contributed by atoms with Crippen molar-refractivity contribution in [3.8, 4) is 0 Å². The zero-order valence-electron chi connectivity index (χ0n) is 15.9. The van der Waals surface area contributed by atoms with Gasteiger partial charge in [0.05, 0.1) is 17.1 Å². The largest absolute Gasteiger partial charge is 0.255 e. The van der Waals surface area contributed by atoms with E-state index in [0.29, 0.717) is 0 Å². The fourth-order valence-electron chi connectivity index (χ4n) is 2.42. The summed E-state index contributed by atoms with van der Waals surface area (Å²) in [5.74, 6) is 0. The van der Waals surface area contributed by atoms with E-state index in [1.54, 1.807) is 0 Å². The van der Waals surface area contributed by atoms with E-state index >= 15 is 0 Å². The van der Waals surface area contributed by atoms with Crippen molar-refractivity contribution in [1.82, 2.24) is 0 Å². The van der Waals surface area contributed by atoms with Gasteiger partial charge in [0.1, 0.15) is 0 Å². The van der Waals surface area contributed by atoms with Gasteiger partial charge in [0.15, 0.2) is 0 Å². The molecule has 0 saturated carbocycles. The maximum absolute atomic E-state index is 4.82. The van der Waals surface area contributed by atoms with Crippen LogP contribution in [0, 0.1) is 27.7 Å². The molecule has 2 aromatic rings. The zero-order valence-corrected chi connectivity index (χ0v) is 17.4. The Labute approximate surface area is 166 Å². The Hall–Kier alpha value is -1.56. The molecule has 3 heteroatoms. The van der Waals surface area contributed by atoms with E-state index in [2.05, 4.69) is 76.0 Å². The average molecular weight is 427 g/mol. The molecule has 2 rings (SSSR count). The molecule has 0 aromatic heterocycles. The van der Waals surface area contributed by atoms with Gasteiger partial charge in [0.25, 0.3) is 0 Å². The van der Waals surface area contributed by atoms with Crippen molar-refractivity contribution < 1.29 is 20.4 Å². The van der Waals surface area contributed by atoms with Crippen LogP contribution in [-0.2, 0) is 20.4 Å². The van der Waals surface area contributed by atoms with Crippen LogP contribution in [-0.4, -0.2) is 11.9 Å². The average Bonchev–Trinajstić information content (AvgIpc) is 2.56. The minimum Gasteiger partial charge on any atom is -0.255 e. The molecule has 0 bridgehead atoms. The van der Waals surface area contributed by atoms with Crippen molar-refractivity contribution in [2.24, 2.45) is 9.98 Å². The predicted molar refractivity (Wildman–Crippen MR) is 107 cm³/mol. The van der Waals surface area contributed by atoms with Gasteiger partial charge >= 0.3 is 0 Å². The first-order valence-electron chi connectivity index (χ1n) is 8.75. The molecule has 0 aliphatic rings. The second-order valence-electron chi connectivity index (χ2n) is 6.50. The topological polar surface area (TPSA) is 24.7 Å². The summed E-state index contributed by atoms with van der Waals surface area (Å²) in [4.78, 5) is 9.46. The molecule has 136 valence electrons. The van der Waals surface area contributed by atoms with Crippen molar-refractivity contribution >= 4 is 23.3 Å². The SMILES string of the molecule is CCCCC(C=Nc1ccc(C)c(C)c1)=Nc1ccc(C)c(C)c1.[Pd]. The van der Waals surface area contributed by atoms with Crippen molar-refractivity contribution in [2.75, 3.05) is 0 Å². The summed E-state index contributed by atoms with van der Waals surface area (Å²) in [5.41, 5.74) is 8.18. The van der Waals surface area contributed by atoms with Crippen LogP contribution in [0.3, 0.4) is 0 Å². The summed E-state index contributed by atoms with van der Waals surface area (Å²) in [7, 11) is 0. The second-order valence-corrected chi connectivity index (χ2v) is 6.50. The smallest absolute Gasteiger partial charge is 0.0636 e. The fraction of sp³-hybridized carbons (Fsp3) is 0.364. The molecule has 0 unspecified atom stereocenters.